The summed E-state index contributed by atoms with van der Waals surface area (Å²) in [7, 11) is 0. The minimum Gasteiger partial charge on any atom is -0.368 e. The first kappa shape index (κ1) is 16.8. The van der Waals surface area contributed by atoms with E-state index in [4.69, 9.17) is 0 Å². The molecule has 1 atom stereocenters. The Balaban J connectivity index is 1.24. The number of nitrogens with zero attached hydrogens (tertiary/aromatic N) is 5. The van der Waals surface area contributed by atoms with E-state index in [1.165, 1.54) is 45.3 Å². The minimum atomic E-state index is 0.444. The molecule has 6 nitrogen and oxygen atoms in total. The van der Waals surface area contributed by atoms with Gasteiger partial charge in [0.25, 0.3) is 0 Å². The van der Waals surface area contributed by atoms with Gasteiger partial charge in [-0.2, -0.15) is 4.52 Å². The Hall–Kier alpha value is -1.69. The third-order valence-corrected chi connectivity index (χ3v) is 6.08. The number of nitrogens with one attached hydrogen (secondary N) is 1. The molecule has 0 bridgehead atoms. The minimum absolute atomic E-state index is 0.444. The van der Waals surface area contributed by atoms with Gasteiger partial charge in [-0.3, -0.25) is 0 Å². The van der Waals surface area contributed by atoms with Crippen LogP contribution in [0, 0.1) is 16.7 Å². The maximum Gasteiger partial charge on any atom is 0.177 e. The van der Waals surface area contributed by atoms with Crippen molar-refractivity contribution < 1.29 is 0 Å². The second-order valence-electron chi connectivity index (χ2n) is 9.15. The van der Waals surface area contributed by atoms with E-state index in [1.54, 1.807) is 10.8 Å². The fraction of sp³-hybridized carbons (Fsp3) is 0.737. The predicted octanol–water partition coefficient (Wildman–Crippen LogP) is 3.07. The molecular formula is C19H30N6. The molecule has 25 heavy (non-hydrogen) atoms. The van der Waals surface area contributed by atoms with Crippen LogP contribution in [0.25, 0.3) is 5.65 Å². The monoisotopic (exact) mass is 342 g/mol. The summed E-state index contributed by atoms with van der Waals surface area (Å²) >= 11 is 0. The maximum atomic E-state index is 4.50. The van der Waals surface area contributed by atoms with E-state index in [1.807, 2.05) is 12.1 Å². The Bertz CT molecular complexity index is 723. The Morgan fingerprint density at radius 1 is 1.24 bits per heavy atom. The third-order valence-electron chi connectivity index (χ3n) is 6.08. The molecule has 136 valence electrons. The highest BCUT2D eigenvalue weighted by Crippen LogP contribution is 2.59. The van der Waals surface area contributed by atoms with Gasteiger partial charge in [0.2, 0.25) is 0 Å². The van der Waals surface area contributed by atoms with Gasteiger partial charge in [0.1, 0.15) is 12.1 Å². The van der Waals surface area contributed by atoms with E-state index >= 15 is 0 Å². The summed E-state index contributed by atoms with van der Waals surface area (Å²) in [5.41, 5.74) is 1.84. The van der Waals surface area contributed by atoms with Crippen molar-refractivity contribution in [2.45, 2.75) is 46.5 Å². The van der Waals surface area contributed by atoms with Crippen LogP contribution >= 0.6 is 0 Å². The number of anilines is 1. The summed E-state index contributed by atoms with van der Waals surface area (Å²) in [6.45, 7) is 11.9. The lowest BCUT2D eigenvalue weighted by atomic mass is 9.88. The van der Waals surface area contributed by atoms with E-state index in [9.17, 15) is 0 Å². The molecule has 2 aliphatic rings. The highest BCUT2D eigenvalue weighted by molar-refractivity contribution is 5.43. The van der Waals surface area contributed by atoms with Crippen LogP contribution in [0.2, 0.25) is 0 Å². The van der Waals surface area contributed by atoms with Crippen molar-refractivity contribution in [2.75, 3.05) is 31.5 Å². The van der Waals surface area contributed by atoms with E-state index in [2.05, 4.69) is 46.3 Å². The number of hydrogen-bond donors (Lipinski definition) is 1. The highest BCUT2D eigenvalue weighted by Gasteiger charge is 2.54. The molecule has 1 spiro atoms. The van der Waals surface area contributed by atoms with Crippen LogP contribution < -0.4 is 5.32 Å². The molecule has 0 aromatic carbocycles. The van der Waals surface area contributed by atoms with Crippen molar-refractivity contribution in [1.29, 1.82) is 0 Å². The first-order valence-corrected chi connectivity index (χ1v) is 9.57. The third kappa shape index (κ3) is 3.78. The molecule has 1 saturated carbocycles. The molecule has 1 aliphatic heterocycles. The number of aromatic nitrogens is 4. The maximum absolute atomic E-state index is 4.50. The summed E-state index contributed by atoms with van der Waals surface area (Å²) in [5.74, 6) is 1.72. The number of hydrogen-bond acceptors (Lipinski definition) is 5. The number of piperidine rings is 1. The molecule has 6 heteroatoms. The van der Waals surface area contributed by atoms with Gasteiger partial charge in [-0.1, -0.05) is 20.8 Å². The normalized spacial score (nSPS) is 23.2. The molecule has 1 saturated heterocycles. The highest BCUT2D eigenvalue weighted by atomic mass is 15.4. The summed E-state index contributed by atoms with van der Waals surface area (Å²) in [6.07, 6.45) is 7.04. The molecule has 1 unspecified atom stereocenters. The van der Waals surface area contributed by atoms with Gasteiger partial charge in [0.05, 0.1) is 0 Å². The topological polar surface area (TPSA) is 58.3 Å². The Morgan fingerprint density at radius 3 is 2.80 bits per heavy atom. The van der Waals surface area contributed by atoms with Gasteiger partial charge in [0, 0.05) is 6.54 Å². The molecule has 2 aromatic heterocycles. The number of likely N-dealkylation sites (tertiary alicyclic amines) is 1. The molecule has 2 aromatic rings. The summed E-state index contributed by atoms with van der Waals surface area (Å²) in [5, 5.41) is 15.9. The first-order chi connectivity index (χ1) is 11.9. The van der Waals surface area contributed by atoms with Crippen molar-refractivity contribution in [3.05, 3.63) is 18.5 Å². The Labute approximate surface area is 150 Å². The van der Waals surface area contributed by atoms with Gasteiger partial charge in [-0.15, -0.1) is 15.3 Å². The van der Waals surface area contributed by atoms with Crippen molar-refractivity contribution in [2.24, 2.45) is 16.7 Å². The lowest BCUT2D eigenvalue weighted by Crippen LogP contribution is -2.37. The fourth-order valence-corrected chi connectivity index (χ4v) is 4.10. The van der Waals surface area contributed by atoms with Gasteiger partial charge in [0.15, 0.2) is 5.65 Å². The molecule has 0 radical (unpaired) electrons. The van der Waals surface area contributed by atoms with E-state index < -0.39 is 0 Å². The van der Waals surface area contributed by atoms with Crippen LogP contribution in [-0.4, -0.2) is 50.9 Å². The predicted molar refractivity (Wildman–Crippen MR) is 99.6 cm³/mol. The smallest absolute Gasteiger partial charge is 0.177 e. The van der Waals surface area contributed by atoms with Gasteiger partial charge >= 0.3 is 0 Å². The van der Waals surface area contributed by atoms with Crippen LogP contribution in [-0.2, 0) is 0 Å². The Kier molecular flexibility index (Phi) is 4.18. The molecule has 4 rings (SSSR count). The van der Waals surface area contributed by atoms with Crippen molar-refractivity contribution in [3.8, 4) is 0 Å². The number of fused-ring (bicyclic) bond motifs is 1. The molecular weight excluding hydrogens is 312 g/mol. The second kappa shape index (κ2) is 6.24. The summed E-state index contributed by atoms with van der Waals surface area (Å²) in [6, 6.07) is 3.95. The molecule has 0 amide bonds. The van der Waals surface area contributed by atoms with E-state index in [0.29, 0.717) is 10.8 Å². The zero-order valence-electron chi connectivity index (χ0n) is 15.7. The van der Waals surface area contributed by atoms with Gasteiger partial charge in [-0.05, 0) is 74.2 Å². The molecule has 3 heterocycles. The Morgan fingerprint density at radius 2 is 2.04 bits per heavy atom. The standard InChI is InChI=1S/C19H30N6/c1-18(2,3)6-9-24-10-7-19(8-11-24)12-15(19)13-20-16-4-5-17-22-21-14-25(17)23-16/h4-5,14-15H,6-13H2,1-3H3,(H,20,23). The van der Waals surface area contributed by atoms with Gasteiger partial charge in [-0.25, -0.2) is 0 Å². The average Bonchev–Trinajstić information content (AvgIpc) is 3.02. The number of rotatable bonds is 5. The van der Waals surface area contributed by atoms with Crippen LogP contribution in [0.15, 0.2) is 18.5 Å². The zero-order chi connectivity index (χ0) is 17.5. The summed E-state index contributed by atoms with van der Waals surface area (Å²) < 4.78 is 1.72. The quantitative estimate of drug-likeness (QED) is 0.905. The fourth-order valence-electron chi connectivity index (χ4n) is 4.10. The van der Waals surface area contributed by atoms with Crippen molar-refractivity contribution in [3.63, 3.8) is 0 Å². The largest absolute Gasteiger partial charge is 0.368 e. The van der Waals surface area contributed by atoms with E-state index in [-0.39, 0.29) is 0 Å². The van der Waals surface area contributed by atoms with Crippen LogP contribution in [0.5, 0.6) is 0 Å². The van der Waals surface area contributed by atoms with Gasteiger partial charge < -0.3 is 10.2 Å². The molecule has 2 fully saturated rings. The van der Waals surface area contributed by atoms with E-state index in [0.717, 1.165) is 23.9 Å². The lowest BCUT2D eigenvalue weighted by molar-refractivity contribution is 0.147. The summed E-state index contributed by atoms with van der Waals surface area (Å²) in [4.78, 5) is 2.67. The van der Waals surface area contributed by atoms with Crippen LogP contribution in [0.1, 0.15) is 46.5 Å². The zero-order valence-corrected chi connectivity index (χ0v) is 15.7. The second-order valence-corrected chi connectivity index (χ2v) is 9.15. The SMILES string of the molecule is CC(C)(C)CCN1CCC2(CC1)CC2CNc1ccc2nncn2n1. The van der Waals surface area contributed by atoms with Crippen molar-refractivity contribution >= 4 is 11.5 Å². The lowest BCUT2D eigenvalue weighted by Gasteiger charge is -2.34. The van der Waals surface area contributed by atoms with Crippen molar-refractivity contribution in [1.82, 2.24) is 24.7 Å². The van der Waals surface area contributed by atoms with Crippen LogP contribution in [0.3, 0.4) is 0 Å². The molecule has 1 N–H and O–H groups in total. The van der Waals surface area contributed by atoms with Crippen LogP contribution in [0.4, 0.5) is 5.82 Å². The average molecular weight is 342 g/mol. The first-order valence-electron chi connectivity index (χ1n) is 9.57. The molecule has 1 aliphatic carbocycles.